The molecule has 2 aromatic rings. The van der Waals surface area contributed by atoms with E-state index in [0.717, 1.165) is 36.6 Å². The van der Waals surface area contributed by atoms with Gasteiger partial charge >= 0.3 is 0 Å². The molecule has 0 unspecified atom stereocenters. The van der Waals surface area contributed by atoms with Crippen LogP contribution in [0, 0.1) is 29.6 Å². The van der Waals surface area contributed by atoms with E-state index in [1.165, 1.54) is 46.5 Å². The molecule has 0 bridgehead atoms. The van der Waals surface area contributed by atoms with Crippen LogP contribution in [-0.2, 0) is 73.5 Å². The molecule has 0 radical (unpaired) electrons. The summed E-state index contributed by atoms with van der Waals surface area (Å²) in [4.78, 5) is 202. The second kappa shape index (κ2) is 59.0. The number of rotatable bonds is 64. The molecule has 34 nitrogen and oxygen atoms in total. The Bertz CT molecular complexity index is 3480. The minimum Gasteiger partial charge on any atom is -0.391 e. The van der Waals surface area contributed by atoms with Crippen LogP contribution in [0.2, 0.25) is 0 Å². The molecule has 2 rings (SSSR count). The van der Waals surface area contributed by atoms with Crippen LogP contribution >= 0.6 is 0 Å². The number of para-hydroxylation sites is 1. The van der Waals surface area contributed by atoms with Gasteiger partial charge in [-0.3, -0.25) is 67.1 Å². The van der Waals surface area contributed by atoms with E-state index in [9.17, 15) is 72.2 Å². The average Bonchev–Trinajstić information content (AvgIpc) is 1.65. The minimum atomic E-state index is -1.75. The molecule has 34 heteroatoms. The predicted octanol–water partition coefficient (Wildman–Crippen LogP) is 3.20. The molecule has 1 aromatic carbocycles. The van der Waals surface area contributed by atoms with Crippen LogP contribution in [0.15, 0.2) is 30.5 Å². The van der Waals surface area contributed by atoms with Crippen molar-refractivity contribution in [2.24, 2.45) is 58.3 Å². The lowest BCUT2D eigenvalue weighted by molar-refractivity contribution is -0.137. The molecule has 0 aliphatic rings. The number of nitrogens with one attached hydrogen (secondary N) is 14. The number of aliphatic hydroxyl groups excluding tert-OH is 1. The summed E-state index contributed by atoms with van der Waals surface area (Å²) in [6.07, 6.45) is 13.5. The first-order valence-corrected chi connectivity index (χ1v) is 44.1. The van der Waals surface area contributed by atoms with E-state index in [2.05, 4.69) is 81.0 Å². The zero-order chi connectivity index (χ0) is 90.1. The fourth-order valence-corrected chi connectivity index (χ4v) is 13.8. The van der Waals surface area contributed by atoms with Crippen molar-refractivity contribution < 1.29 is 72.2 Å². The van der Waals surface area contributed by atoms with Gasteiger partial charge in [0.25, 0.3) is 0 Å². The van der Waals surface area contributed by atoms with Crippen molar-refractivity contribution >= 4 is 93.6 Å². The number of carbonyl (C=O) groups excluding carboxylic acids is 14. The fraction of sp³-hybridized carbons (Fsp3) is 0.744. The summed E-state index contributed by atoms with van der Waals surface area (Å²) in [5, 5.41) is 47.7. The lowest BCUT2D eigenvalue weighted by atomic mass is 9.98. The Balaban J connectivity index is 2.52. The SMILES string of the molecule is CCCCCCCCCCCC(=O)N[C@@H](C)C(=O)N[C@@H](CC(C)C)C(=O)N[C@@H](Cc1c[nH]c2ccccc12)C(=O)N[C@@H](CCCCN)C(=O)N[C@H](C(=O)N[C@@H](CC(C)C)C(=O)N[C@@H](CC(C)C)C(=O)N[C@@H](CCCCN)C(=O)N[C@@H](CCCCN)C(=O)N[C@H](C(=O)N[C@@H](CC(C)C)C(=O)N[C@@H](CCCCN)C(=O)N[C@@H](C)C(N)=O)C(C)C)[C@@H](C)O. The Hall–Kier alpha value is -8.86. The predicted molar refractivity (Wildman–Crippen MR) is 465 cm³/mol. The first kappa shape index (κ1) is 107. The number of aliphatic hydroxyl groups is 1. The normalized spacial score (nSPS) is 15.1. The van der Waals surface area contributed by atoms with Gasteiger partial charge in [0.15, 0.2) is 0 Å². The van der Waals surface area contributed by atoms with Gasteiger partial charge in [0.1, 0.15) is 78.5 Å². The summed E-state index contributed by atoms with van der Waals surface area (Å²) in [5.74, 6) is -11.8. The molecule has 14 atom stereocenters. The highest BCUT2D eigenvalue weighted by Crippen LogP contribution is 2.22. The summed E-state index contributed by atoms with van der Waals surface area (Å²) in [5.41, 5.74) is 30.2. The summed E-state index contributed by atoms with van der Waals surface area (Å²) in [6, 6.07) is -9.42. The van der Waals surface area contributed by atoms with Gasteiger partial charge in [0, 0.05) is 29.9 Å². The number of H-pyrrole nitrogens is 1. The third-order valence-electron chi connectivity index (χ3n) is 20.8. The van der Waals surface area contributed by atoms with E-state index in [4.69, 9.17) is 28.7 Å². The largest absolute Gasteiger partial charge is 0.391 e. The Morgan fingerprint density at radius 3 is 1.03 bits per heavy atom. The lowest BCUT2D eigenvalue weighted by Gasteiger charge is -2.30. The number of hydrogen-bond donors (Lipinski definition) is 20. The molecule has 120 heavy (non-hydrogen) atoms. The number of aromatic amines is 1. The van der Waals surface area contributed by atoms with Gasteiger partial charge in [-0.25, -0.2) is 0 Å². The molecule has 1 aromatic heterocycles. The number of benzene rings is 1. The number of carbonyl (C=O) groups is 14. The number of amides is 14. The standard InChI is InChI=1S/C86H153N19O15/c1-15-16-17-18-19-20-21-22-23-40-71(107)93-57(13)75(109)99-66(45-51(2)3)82(116)101-70(49-59-50-92-61-35-25-24-34-60(59)61)84(118)98-65(39-29-33-44-90)79(113)105-73(58(14)106)86(120)103-69(48-54(8)9)83(117)100-67(46-52(4)5)80(114)97-63(37-27-31-42-88)77(111)95-64(38-28-32-43-89)78(112)104-72(55(10)11)85(119)102-68(47-53(6)7)81(115)96-62(36-26-30-41-87)76(110)94-56(12)74(91)108/h24-25,34-35,50-58,62-70,72-73,92,106H,15-23,26-33,36-49,87-90H2,1-14H3,(H2,91,108)(H,93,107)(H,94,110)(H,95,111)(H,96,115)(H,97,114)(H,98,118)(H,99,109)(H,100,117)(H,101,116)(H,102,119)(H,103,120)(H,104,112)(H,105,113)/t56-,57-,58+,62-,63-,64-,65-,66-,67-,68-,69-,70-,72-,73-/m0/s1. The molecular weight excluding hydrogens is 1540 g/mol. The highest BCUT2D eigenvalue weighted by Gasteiger charge is 2.39. The summed E-state index contributed by atoms with van der Waals surface area (Å²) in [6.45, 7) is 25.3. The molecule has 25 N–H and O–H groups in total. The number of nitrogens with two attached hydrogens (primary N) is 5. The maximum Gasteiger partial charge on any atom is 0.245 e. The molecular formula is C86H153N19O15. The molecule has 0 fully saturated rings. The maximum atomic E-state index is 15.0. The van der Waals surface area contributed by atoms with Gasteiger partial charge in [0.2, 0.25) is 82.7 Å². The zero-order valence-corrected chi connectivity index (χ0v) is 74.3. The van der Waals surface area contributed by atoms with Crippen molar-refractivity contribution in [3.8, 4) is 0 Å². The second-order valence-corrected chi connectivity index (χ2v) is 34.2. The summed E-state index contributed by atoms with van der Waals surface area (Å²) >= 11 is 0. The van der Waals surface area contributed by atoms with E-state index in [0.29, 0.717) is 69.9 Å². The highest BCUT2D eigenvalue weighted by molar-refractivity contribution is 6.00. The smallest absolute Gasteiger partial charge is 0.245 e. The van der Waals surface area contributed by atoms with Gasteiger partial charge in [0.05, 0.1) is 6.10 Å². The first-order valence-electron chi connectivity index (χ1n) is 44.1. The number of aromatic nitrogens is 1. The lowest BCUT2D eigenvalue weighted by Crippen LogP contribution is -2.62. The molecule has 0 saturated heterocycles. The van der Waals surface area contributed by atoms with Crippen molar-refractivity contribution in [1.29, 1.82) is 0 Å². The first-order chi connectivity index (χ1) is 56.8. The molecule has 0 spiro atoms. The number of hydrogen-bond acceptors (Lipinski definition) is 19. The van der Waals surface area contributed by atoms with Crippen molar-refractivity contribution in [1.82, 2.24) is 74.1 Å². The van der Waals surface area contributed by atoms with Crippen LogP contribution in [0.4, 0.5) is 0 Å². The van der Waals surface area contributed by atoms with Crippen LogP contribution in [-0.4, -0.2) is 204 Å². The van der Waals surface area contributed by atoms with Gasteiger partial charge in [-0.1, -0.05) is 146 Å². The highest BCUT2D eigenvalue weighted by atomic mass is 16.3. The Morgan fingerprint density at radius 2 is 0.658 bits per heavy atom. The van der Waals surface area contributed by atoms with E-state index >= 15 is 0 Å². The Kier molecular flexibility index (Phi) is 52.7. The van der Waals surface area contributed by atoms with Crippen LogP contribution in [0.3, 0.4) is 0 Å². The van der Waals surface area contributed by atoms with Crippen LogP contribution in [0.25, 0.3) is 10.9 Å². The molecule has 1 heterocycles. The number of fused-ring (bicyclic) bond motifs is 1. The minimum absolute atomic E-state index is 0.0189. The van der Waals surface area contributed by atoms with Gasteiger partial charge in [-0.15, -0.1) is 0 Å². The maximum absolute atomic E-state index is 15.0. The van der Waals surface area contributed by atoms with E-state index in [1.54, 1.807) is 47.7 Å². The van der Waals surface area contributed by atoms with Crippen molar-refractivity contribution in [2.45, 2.75) is 355 Å². The fourth-order valence-electron chi connectivity index (χ4n) is 13.8. The van der Waals surface area contributed by atoms with Gasteiger partial charge in [-0.05, 0) is 197 Å². The topological polar surface area (TPSA) is 561 Å². The number of unbranched alkanes of at least 4 members (excludes halogenated alkanes) is 12. The molecule has 0 aliphatic heterocycles. The zero-order valence-electron chi connectivity index (χ0n) is 74.3. The third kappa shape index (κ3) is 42.1. The van der Waals surface area contributed by atoms with Crippen molar-refractivity contribution in [2.75, 3.05) is 26.2 Å². The van der Waals surface area contributed by atoms with Crippen LogP contribution in [0.5, 0.6) is 0 Å². The van der Waals surface area contributed by atoms with Crippen LogP contribution in [0.1, 0.15) is 269 Å². The summed E-state index contributed by atoms with van der Waals surface area (Å²) in [7, 11) is 0. The van der Waals surface area contributed by atoms with E-state index in [1.807, 2.05) is 52.0 Å². The van der Waals surface area contributed by atoms with E-state index < -0.39 is 167 Å². The molecule has 682 valence electrons. The van der Waals surface area contributed by atoms with Crippen LogP contribution < -0.4 is 97.8 Å². The molecule has 0 saturated carbocycles. The quantitative estimate of drug-likeness (QED) is 0.0423. The van der Waals surface area contributed by atoms with Crippen molar-refractivity contribution in [3.63, 3.8) is 0 Å². The number of primary amides is 1. The monoisotopic (exact) mass is 1690 g/mol. The Labute approximate surface area is 712 Å². The summed E-state index contributed by atoms with van der Waals surface area (Å²) < 4.78 is 0. The molecule has 0 aliphatic carbocycles. The van der Waals surface area contributed by atoms with Gasteiger partial charge in [-0.2, -0.15) is 0 Å². The Morgan fingerprint density at radius 1 is 0.342 bits per heavy atom. The average molecular weight is 1690 g/mol. The van der Waals surface area contributed by atoms with Crippen molar-refractivity contribution in [3.05, 3.63) is 36.0 Å². The second-order valence-electron chi connectivity index (χ2n) is 34.2. The van der Waals surface area contributed by atoms with E-state index in [-0.39, 0.29) is 113 Å². The molecule has 14 amide bonds. The van der Waals surface area contributed by atoms with Gasteiger partial charge < -0.3 is 108 Å². The third-order valence-corrected chi connectivity index (χ3v) is 20.8.